The van der Waals surface area contributed by atoms with Crippen LogP contribution in [0.1, 0.15) is 17.3 Å². The number of benzene rings is 2. The molecule has 0 saturated heterocycles. The molecule has 150 valence electrons. The summed E-state index contributed by atoms with van der Waals surface area (Å²) in [6, 6.07) is 8.36. The summed E-state index contributed by atoms with van der Waals surface area (Å²) < 4.78 is 25.5. The molecule has 8 nitrogen and oxygen atoms in total. The van der Waals surface area contributed by atoms with Gasteiger partial charge in [0.05, 0.1) is 22.8 Å². The molecule has 0 saturated carbocycles. The van der Waals surface area contributed by atoms with E-state index in [1.807, 2.05) is 0 Å². The molecule has 0 heterocycles. The first-order valence-corrected chi connectivity index (χ1v) is 9.97. The first-order chi connectivity index (χ1) is 13.1. The number of carbonyl (C=O) groups is 2. The molecule has 2 amide bonds. The fraction of sp³-hybridized carbons (Fsp3) is 0.176. The summed E-state index contributed by atoms with van der Waals surface area (Å²) in [5.74, 6) is -0.899. The van der Waals surface area contributed by atoms with Crippen molar-refractivity contribution in [2.75, 3.05) is 24.8 Å². The van der Waals surface area contributed by atoms with Crippen LogP contribution >= 0.6 is 23.2 Å². The molecule has 0 radical (unpaired) electrons. The smallest absolute Gasteiger partial charge is 0.266 e. The highest BCUT2D eigenvalue weighted by atomic mass is 35.5. The van der Waals surface area contributed by atoms with Crippen LogP contribution in [-0.4, -0.2) is 38.9 Å². The zero-order chi connectivity index (χ0) is 21.1. The lowest BCUT2D eigenvalue weighted by Crippen LogP contribution is -2.26. The Bertz CT molecular complexity index is 1030. The zero-order valence-electron chi connectivity index (χ0n) is 15.1. The minimum atomic E-state index is -4.05. The molecule has 0 aliphatic carbocycles. The van der Waals surface area contributed by atoms with Gasteiger partial charge in [-0.25, -0.2) is 8.42 Å². The quantitative estimate of drug-likeness (QED) is 0.662. The maximum absolute atomic E-state index is 12.6. The van der Waals surface area contributed by atoms with Crippen LogP contribution in [0.2, 0.25) is 10.0 Å². The lowest BCUT2D eigenvalue weighted by Gasteiger charge is -2.16. The van der Waals surface area contributed by atoms with E-state index >= 15 is 0 Å². The van der Waals surface area contributed by atoms with Crippen molar-refractivity contribution in [2.45, 2.75) is 11.8 Å². The second-order valence-electron chi connectivity index (χ2n) is 5.57. The molecule has 0 atom stereocenters. The monoisotopic (exact) mass is 445 g/mol. The molecular formula is C17H17Cl2N3O5S. The number of anilines is 2. The van der Waals surface area contributed by atoms with Crippen molar-refractivity contribution in [1.29, 1.82) is 0 Å². The second-order valence-corrected chi connectivity index (χ2v) is 8.29. The Morgan fingerprint density at radius 1 is 1.04 bits per heavy atom. The molecule has 0 aliphatic rings. The standard InChI is InChI=1S/C17H17Cl2N3O5S/c1-10(23)20-12-5-7-13(18)15(9-12)21-17(24)11-4-6-14(19)16(8-11)28(25,26)22(2)27-3/h4-9H,1-3H3,(H,20,23)(H,21,24). The molecule has 0 aromatic heterocycles. The fourth-order valence-corrected chi connectivity index (χ4v) is 3.81. The number of hydrogen-bond acceptors (Lipinski definition) is 5. The summed E-state index contributed by atoms with van der Waals surface area (Å²) in [6.45, 7) is 1.35. The third-order valence-corrected chi connectivity index (χ3v) is 6.09. The average molecular weight is 446 g/mol. The number of halogens is 2. The molecular weight excluding hydrogens is 429 g/mol. The Labute approximate surface area is 172 Å². The van der Waals surface area contributed by atoms with Gasteiger partial charge < -0.3 is 10.6 Å². The first-order valence-electron chi connectivity index (χ1n) is 7.77. The summed E-state index contributed by atoms with van der Waals surface area (Å²) in [4.78, 5) is 28.2. The number of nitrogens with one attached hydrogen (secondary N) is 2. The van der Waals surface area contributed by atoms with Crippen LogP contribution in [0.3, 0.4) is 0 Å². The topological polar surface area (TPSA) is 105 Å². The summed E-state index contributed by atoms with van der Waals surface area (Å²) in [7, 11) is -1.66. The maximum atomic E-state index is 12.6. The Kier molecular flexibility index (Phi) is 7.02. The van der Waals surface area contributed by atoms with Gasteiger partial charge in [-0.05, 0) is 36.4 Å². The number of amides is 2. The number of nitrogens with zero attached hydrogens (tertiary/aromatic N) is 1. The van der Waals surface area contributed by atoms with Gasteiger partial charge >= 0.3 is 0 Å². The lowest BCUT2D eigenvalue weighted by molar-refractivity contribution is -0.114. The first kappa shape index (κ1) is 22.1. The van der Waals surface area contributed by atoms with Crippen molar-refractivity contribution >= 4 is 56.4 Å². The molecule has 0 aliphatic heterocycles. The molecule has 2 aromatic carbocycles. The van der Waals surface area contributed by atoms with Crippen LogP contribution in [0, 0.1) is 0 Å². The second kappa shape index (κ2) is 8.89. The highest BCUT2D eigenvalue weighted by molar-refractivity contribution is 7.89. The Hall–Kier alpha value is -2.17. The average Bonchev–Trinajstić information content (AvgIpc) is 2.63. The summed E-state index contributed by atoms with van der Waals surface area (Å²) >= 11 is 12.1. The van der Waals surface area contributed by atoms with Crippen molar-refractivity contribution in [3.63, 3.8) is 0 Å². The molecule has 2 aromatic rings. The van der Waals surface area contributed by atoms with Crippen LogP contribution in [0.15, 0.2) is 41.3 Å². The maximum Gasteiger partial charge on any atom is 0.266 e. The molecule has 0 fully saturated rings. The van der Waals surface area contributed by atoms with Gasteiger partial charge in [0.25, 0.3) is 15.9 Å². The third-order valence-electron chi connectivity index (χ3n) is 3.60. The van der Waals surface area contributed by atoms with E-state index < -0.39 is 15.9 Å². The predicted molar refractivity (Wildman–Crippen MR) is 107 cm³/mol. The number of carbonyl (C=O) groups excluding carboxylic acids is 2. The summed E-state index contributed by atoms with van der Waals surface area (Å²) in [6.07, 6.45) is 0. The van der Waals surface area contributed by atoms with Crippen LogP contribution in [0.4, 0.5) is 11.4 Å². The molecule has 0 bridgehead atoms. The van der Waals surface area contributed by atoms with E-state index in [1.54, 1.807) is 6.07 Å². The Morgan fingerprint density at radius 2 is 1.68 bits per heavy atom. The van der Waals surface area contributed by atoms with Crippen molar-refractivity contribution < 1.29 is 22.8 Å². The largest absolute Gasteiger partial charge is 0.326 e. The van der Waals surface area contributed by atoms with E-state index in [0.717, 1.165) is 6.07 Å². The van der Waals surface area contributed by atoms with Gasteiger partial charge in [-0.3, -0.25) is 14.4 Å². The minimum absolute atomic E-state index is 0.0356. The molecule has 11 heteroatoms. The molecule has 0 unspecified atom stereocenters. The van der Waals surface area contributed by atoms with E-state index in [2.05, 4.69) is 10.6 Å². The van der Waals surface area contributed by atoms with E-state index in [0.29, 0.717) is 10.2 Å². The normalized spacial score (nSPS) is 11.4. The Morgan fingerprint density at radius 3 is 2.29 bits per heavy atom. The van der Waals surface area contributed by atoms with Crippen LogP contribution < -0.4 is 10.6 Å². The number of rotatable bonds is 6. The molecule has 28 heavy (non-hydrogen) atoms. The van der Waals surface area contributed by atoms with Crippen molar-refractivity contribution in [2.24, 2.45) is 0 Å². The van der Waals surface area contributed by atoms with Gasteiger partial charge in [0.15, 0.2) is 0 Å². The number of sulfonamides is 1. The number of hydrogen-bond donors (Lipinski definition) is 2. The summed E-state index contributed by atoms with van der Waals surface area (Å²) in [5.41, 5.74) is 0.716. The number of hydroxylamine groups is 1. The molecule has 2 N–H and O–H groups in total. The fourth-order valence-electron chi connectivity index (χ4n) is 2.18. The van der Waals surface area contributed by atoms with E-state index in [1.165, 1.54) is 45.3 Å². The van der Waals surface area contributed by atoms with E-state index in [4.69, 9.17) is 28.0 Å². The van der Waals surface area contributed by atoms with Crippen LogP contribution in [-0.2, 0) is 19.7 Å². The highest BCUT2D eigenvalue weighted by Gasteiger charge is 2.25. The van der Waals surface area contributed by atoms with Gasteiger partial charge in [-0.1, -0.05) is 27.7 Å². The van der Waals surface area contributed by atoms with Crippen molar-refractivity contribution in [3.8, 4) is 0 Å². The van der Waals surface area contributed by atoms with Gasteiger partial charge in [0.2, 0.25) is 5.91 Å². The van der Waals surface area contributed by atoms with Crippen molar-refractivity contribution in [1.82, 2.24) is 4.47 Å². The molecule has 0 spiro atoms. The van der Waals surface area contributed by atoms with Crippen molar-refractivity contribution in [3.05, 3.63) is 52.0 Å². The molecule has 2 rings (SSSR count). The van der Waals surface area contributed by atoms with Gasteiger partial charge in [-0.2, -0.15) is 0 Å². The Balaban J connectivity index is 2.36. The van der Waals surface area contributed by atoms with Gasteiger partial charge in [0.1, 0.15) is 4.90 Å². The van der Waals surface area contributed by atoms with E-state index in [9.17, 15) is 18.0 Å². The van der Waals surface area contributed by atoms with Gasteiger partial charge in [0, 0.05) is 25.2 Å². The summed E-state index contributed by atoms with van der Waals surface area (Å²) in [5, 5.41) is 5.33. The van der Waals surface area contributed by atoms with Gasteiger partial charge in [-0.15, -0.1) is 0 Å². The predicted octanol–water partition coefficient (Wildman–Crippen LogP) is 3.39. The third kappa shape index (κ3) is 5.00. The highest BCUT2D eigenvalue weighted by Crippen LogP contribution is 2.28. The zero-order valence-corrected chi connectivity index (χ0v) is 17.4. The minimum Gasteiger partial charge on any atom is -0.326 e. The van der Waals surface area contributed by atoms with Crippen LogP contribution in [0.25, 0.3) is 0 Å². The lowest BCUT2D eigenvalue weighted by atomic mass is 10.2. The van der Waals surface area contributed by atoms with E-state index in [-0.39, 0.29) is 32.1 Å². The van der Waals surface area contributed by atoms with Crippen LogP contribution in [0.5, 0.6) is 0 Å². The SMILES string of the molecule is CON(C)S(=O)(=O)c1cc(C(=O)Nc2cc(NC(C)=O)ccc2Cl)ccc1Cl.